The monoisotopic (exact) mass is 665 g/mol. The first-order valence-electron chi connectivity index (χ1n) is 21.1. The van der Waals surface area contributed by atoms with Crippen LogP contribution in [-0.4, -0.2) is 69.3 Å². The van der Waals surface area contributed by atoms with E-state index in [1.165, 1.54) is 180 Å². The molecule has 4 heteroatoms. The Morgan fingerprint density at radius 3 is 1.00 bits per heavy atom. The summed E-state index contributed by atoms with van der Waals surface area (Å²) in [5.74, 6) is 0. The van der Waals surface area contributed by atoms with Crippen LogP contribution in [-0.2, 0) is 9.47 Å². The number of quaternary nitrogens is 1. The van der Waals surface area contributed by atoms with Crippen LogP contribution in [0.25, 0.3) is 0 Å². The number of allylic oxidation sites excluding steroid dienone is 4. The van der Waals surface area contributed by atoms with Gasteiger partial charge in [-0.1, -0.05) is 154 Å². The molecule has 4 nitrogen and oxygen atoms in total. The summed E-state index contributed by atoms with van der Waals surface area (Å²) in [6.45, 7) is 10.7. The summed E-state index contributed by atoms with van der Waals surface area (Å²) in [6.07, 6.45) is 47.1. The van der Waals surface area contributed by atoms with Crippen molar-refractivity contribution in [2.24, 2.45) is 0 Å². The van der Waals surface area contributed by atoms with Gasteiger partial charge in [-0.15, -0.1) is 0 Å². The summed E-state index contributed by atoms with van der Waals surface area (Å²) in [5.41, 5.74) is 0. The summed E-state index contributed by atoms with van der Waals surface area (Å²) in [4.78, 5) is 0. The molecule has 0 aromatic carbocycles. The molecule has 0 aliphatic heterocycles. The molecule has 1 N–H and O–H groups in total. The second kappa shape index (κ2) is 39.8. The number of aliphatic hydroxyl groups excluding tert-OH is 1. The van der Waals surface area contributed by atoms with Gasteiger partial charge >= 0.3 is 0 Å². The lowest BCUT2D eigenvalue weighted by Crippen LogP contribution is -2.50. The van der Waals surface area contributed by atoms with Gasteiger partial charge in [-0.05, 0) is 64.2 Å². The first-order valence-corrected chi connectivity index (χ1v) is 21.1. The summed E-state index contributed by atoms with van der Waals surface area (Å²) in [7, 11) is 2.23. The number of nitrogens with zero attached hydrogens (tertiary/aromatic N) is 1. The quantitative estimate of drug-likeness (QED) is 0.0402. The highest BCUT2D eigenvalue weighted by molar-refractivity contribution is 4.82. The maximum absolute atomic E-state index is 9.61. The average molecular weight is 665 g/mol. The van der Waals surface area contributed by atoms with E-state index in [2.05, 4.69) is 45.2 Å². The predicted molar refractivity (Wildman–Crippen MR) is 208 cm³/mol. The van der Waals surface area contributed by atoms with Gasteiger partial charge in [0.2, 0.25) is 0 Å². The standard InChI is InChI=1S/C43H86NO3/c1-4-6-8-10-12-14-16-18-20-22-24-26-28-30-32-34-40-46-42-37-44(3,36-39-45)38-43-47-41-35-33-31-29-27-25-23-21-19-17-15-13-11-9-7-5-2/h18-21,45H,4-17,22-43H2,1-3H3/q+1. The zero-order valence-electron chi connectivity index (χ0n) is 32.5. The number of hydrogen-bond donors (Lipinski definition) is 1. The summed E-state index contributed by atoms with van der Waals surface area (Å²) >= 11 is 0. The van der Waals surface area contributed by atoms with Crippen molar-refractivity contribution in [3.63, 3.8) is 0 Å². The number of likely N-dealkylation sites (N-methyl/N-ethyl adjacent to an activating group) is 1. The van der Waals surface area contributed by atoms with Crippen molar-refractivity contribution in [2.45, 2.75) is 194 Å². The number of hydrogen-bond acceptors (Lipinski definition) is 3. The zero-order chi connectivity index (χ0) is 34.2. The fraction of sp³-hybridized carbons (Fsp3) is 0.907. The van der Waals surface area contributed by atoms with E-state index in [0.717, 1.165) is 50.5 Å². The first kappa shape index (κ1) is 46.3. The minimum Gasteiger partial charge on any atom is -0.391 e. The molecule has 0 aromatic heterocycles. The van der Waals surface area contributed by atoms with Crippen LogP contribution >= 0.6 is 0 Å². The molecule has 0 bridgehead atoms. The summed E-state index contributed by atoms with van der Waals surface area (Å²) < 4.78 is 12.8. The van der Waals surface area contributed by atoms with E-state index >= 15 is 0 Å². The van der Waals surface area contributed by atoms with Gasteiger partial charge in [-0.2, -0.15) is 0 Å². The topological polar surface area (TPSA) is 38.7 Å². The van der Waals surface area contributed by atoms with Crippen molar-refractivity contribution in [2.75, 3.05) is 59.7 Å². The van der Waals surface area contributed by atoms with Crippen LogP contribution in [0.3, 0.4) is 0 Å². The Balaban J connectivity index is 3.52. The molecular formula is C43H86NO3+. The minimum atomic E-state index is 0.223. The molecule has 0 unspecified atom stereocenters. The van der Waals surface area contributed by atoms with Crippen molar-refractivity contribution >= 4 is 0 Å². The minimum absolute atomic E-state index is 0.223. The molecule has 0 saturated carbocycles. The maximum Gasteiger partial charge on any atom is 0.102 e. The molecule has 0 aliphatic carbocycles. The summed E-state index contributed by atoms with van der Waals surface area (Å²) in [5, 5.41) is 9.61. The molecular weight excluding hydrogens is 578 g/mol. The maximum atomic E-state index is 9.61. The van der Waals surface area contributed by atoms with E-state index < -0.39 is 0 Å². The van der Waals surface area contributed by atoms with E-state index in [0.29, 0.717) is 0 Å². The number of rotatable bonds is 40. The molecule has 0 heterocycles. The second-order valence-corrected chi connectivity index (χ2v) is 14.6. The molecule has 0 radical (unpaired) electrons. The van der Waals surface area contributed by atoms with Crippen LogP contribution in [0.15, 0.2) is 24.3 Å². The predicted octanol–water partition coefficient (Wildman–Crippen LogP) is 12.5. The molecule has 0 fully saturated rings. The van der Waals surface area contributed by atoms with Crippen LogP contribution in [0.2, 0.25) is 0 Å². The SMILES string of the molecule is CCCCCCCCC=CCCCCCCCCOCC[N+](C)(CCO)CCOCCCCCCCCC=CCCCCCCCC. The molecule has 0 saturated heterocycles. The Labute approximate surface area is 296 Å². The molecule has 0 spiro atoms. The Kier molecular flexibility index (Phi) is 39.2. The number of unbranched alkanes of at least 4 members (excludes halogenated alkanes) is 24. The van der Waals surface area contributed by atoms with Gasteiger partial charge in [0.25, 0.3) is 0 Å². The van der Waals surface area contributed by atoms with Gasteiger partial charge in [-0.25, -0.2) is 0 Å². The number of aliphatic hydroxyl groups is 1. The number of ether oxygens (including phenoxy) is 2. The normalized spacial score (nSPS) is 13.4. The van der Waals surface area contributed by atoms with Crippen molar-refractivity contribution in [3.8, 4) is 0 Å². The van der Waals surface area contributed by atoms with Gasteiger partial charge in [0.15, 0.2) is 0 Å². The first-order chi connectivity index (χ1) is 23.2. The van der Waals surface area contributed by atoms with Crippen LogP contribution in [0.5, 0.6) is 0 Å². The van der Waals surface area contributed by atoms with Crippen molar-refractivity contribution < 1.29 is 19.1 Å². The second-order valence-electron chi connectivity index (χ2n) is 14.6. The third-order valence-electron chi connectivity index (χ3n) is 9.79. The molecule has 0 aromatic rings. The Hall–Kier alpha value is -0.680. The molecule has 0 atom stereocenters. The highest BCUT2D eigenvalue weighted by Gasteiger charge is 2.20. The van der Waals surface area contributed by atoms with Crippen LogP contribution in [0.4, 0.5) is 0 Å². The van der Waals surface area contributed by atoms with E-state index in [1.807, 2.05) is 0 Å². The fourth-order valence-corrected chi connectivity index (χ4v) is 6.25. The van der Waals surface area contributed by atoms with Crippen LogP contribution in [0.1, 0.15) is 194 Å². The van der Waals surface area contributed by atoms with Crippen LogP contribution in [0, 0.1) is 0 Å². The van der Waals surface area contributed by atoms with Gasteiger partial charge < -0.3 is 19.1 Å². The summed E-state index contributed by atoms with van der Waals surface area (Å²) in [6, 6.07) is 0. The van der Waals surface area contributed by atoms with E-state index in [9.17, 15) is 5.11 Å². The Bertz CT molecular complexity index is 587. The highest BCUT2D eigenvalue weighted by atomic mass is 16.5. The molecule has 47 heavy (non-hydrogen) atoms. The van der Waals surface area contributed by atoms with Gasteiger partial charge in [0.1, 0.15) is 19.6 Å². The largest absolute Gasteiger partial charge is 0.391 e. The lowest BCUT2D eigenvalue weighted by atomic mass is 10.1. The third kappa shape index (κ3) is 38.0. The van der Waals surface area contributed by atoms with Gasteiger partial charge in [0, 0.05) is 13.2 Å². The molecule has 280 valence electrons. The third-order valence-corrected chi connectivity index (χ3v) is 9.79. The average Bonchev–Trinajstić information content (AvgIpc) is 3.07. The Morgan fingerprint density at radius 1 is 0.383 bits per heavy atom. The Morgan fingerprint density at radius 2 is 0.681 bits per heavy atom. The van der Waals surface area contributed by atoms with Crippen molar-refractivity contribution in [3.05, 3.63) is 24.3 Å². The fourth-order valence-electron chi connectivity index (χ4n) is 6.25. The molecule has 0 rings (SSSR count). The molecule has 0 amide bonds. The lowest BCUT2D eigenvalue weighted by molar-refractivity contribution is -0.910. The van der Waals surface area contributed by atoms with Gasteiger partial charge in [0.05, 0.1) is 26.9 Å². The van der Waals surface area contributed by atoms with E-state index in [1.54, 1.807) is 0 Å². The lowest BCUT2D eigenvalue weighted by Gasteiger charge is -2.33. The van der Waals surface area contributed by atoms with Gasteiger partial charge in [-0.3, -0.25) is 0 Å². The smallest absolute Gasteiger partial charge is 0.102 e. The highest BCUT2D eigenvalue weighted by Crippen LogP contribution is 2.12. The van der Waals surface area contributed by atoms with E-state index in [-0.39, 0.29) is 6.61 Å². The van der Waals surface area contributed by atoms with E-state index in [4.69, 9.17) is 9.47 Å². The van der Waals surface area contributed by atoms with Crippen molar-refractivity contribution in [1.82, 2.24) is 0 Å². The zero-order valence-corrected chi connectivity index (χ0v) is 32.5. The van der Waals surface area contributed by atoms with Crippen molar-refractivity contribution in [1.29, 1.82) is 0 Å². The van der Waals surface area contributed by atoms with Crippen LogP contribution < -0.4 is 0 Å². The molecule has 0 aliphatic rings.